The summed E-state index contributed by atoms with van der Waals surface area (Å²) in [5.74, 6) is -8.24. The zero-order valence-electron chi connectivity index (χ0n) is 54.4. The van der Waals surface area contributed by atoms with Gasteiger partial charge in [0.2, 0.25) is 36.2 Å². The van der Waals surface area contributed by atoms with Crippen LogP contribution in [0.2, 0.25) is 0 Å². The third-order valence-corrected chi connectivity index (χ3v) is 21.7. The quantitative estimate of drug-likeness (QED) is 0.0278. The van der Waals surface area contributed by atoms with Gasteiger partial charge < -0.3 is 79.2 Å². The van der Waals surface area contributed by atoms with Crippen molar-refractivity contribution in [2.45, 2.75) is 189 Å². The van der Waals surface area contributed by atoms with Crippen molar-refractivity contribution >= 4 is 77.3 Å². The van der Waals surface area contributed by atoms with E-state index in [1.54, 1.807) is 38.6 Å². The van der Waals surface area contributed by atoms with Crippen molar-refractivity contribution in [2.24, 2.45) is 77.5 Å². The number of amides is 4. The molecule has 0 saturated carbocycles. The van der Waals surface area contributed by atoms with Crippen LogP contribution >= 0.6 is 7.82 Å². The molecule has 93 heavy (non-hydrogen) atoms. The zero-order chi connectivity index (χ0) is 68.7. The minimum atomic E-state index is -5.07. The summed E-state index contributed by atoms with van der Waals surface area (Å²) in [5, 5.41) is 96.4. The summed E-state index contributed by atoms with van der Waals surface area (Å²) in [6.07, 6.45) is -4.86. The Balaban J connectivity index is 0.00000453. The third kappa shape index (κ3) is 14.6. The first-order valence-corrected chi connectivity index (χ1v) is 32.2. The second-order valence-corrected chi connectivity index (χ2v) is 28.4. The second kappa shape index (κ2) is 28.5. The summed E-state index contributed by atoms with van der Waals surface area (Å²) in [6.45, 7) is 23.8. The van der Waals surface area contributed by atoms with Gasteiger partial charge in [-0.3, -0.25) is 43.2 Å². The first-order chi connectivity index (χ1) is 42.8. The SMILES string of the molecule is CC1=C2N=C(C=C3NC(=C(C)C4=NC(C)(C5N=C1C(C)(CCC(=O)NCC(C)OP(=O)(O)OC1C(CO)OC([n+]6c[nH]c7cc(C)c(C)cc76)C1O)C5CC(N)=O)C(C)(CC(N)=O)C4CCC(=N)[O-])C(C)(CC(N)=O)C3CCC(=N)[O-])C(C)(C)C2CCC(=N)[O-].[C]#N.[Co+2]. The number of H-pyrrole nitrogens is 1. The maximum atomic E-state index is 14.4. The van der Waals surface area contributed by atoms with Crippen LogP contribution in [-0.2, 0) is 54.3 Å². The predicted molar refractivity (Wildman–Crippen MR) is 333 cm³/mol. The number of benzene rings is 1. The van der Waals surface area contributed by atoms with Crippen molar-refractivity contribution in [3.63, 3.8) is 0 Å². The Hall–Kier alpha value is -7.00. The van der Waals surface area contributed by atoms with Crippen LogP contribution in [0.5, 0.6) is 0 Å². The van der Waals surface area contributed by atoms with Crippen LogP contribution in [0, 0.1) is 87.2 Å². The molecule has 1 aromatic heterocycles. The van der Waals surface area contributed by atoms with Crippen molar-refractivity contribution in [1.82, 2.24) is 15.6 Å². The molecule has 2 fully saturated rings. The average Bonchev–Trinajstić information content (AvgIpc) is 1.53. The topological polar surface area (TPSA) is 497 Å². The number of aryl methyl sites for hydroxylation is 2. The molecule has 30 heteroatoms. The number of nitrogens with two attached hydrogens (primary N) is 3. The number of nitrogens with zero attached hydrogens (tertiary/aromatic N) is 5. The fraction of sp³-hybridized carbons (Fsp3) is 0.619. The van der Waals surface area contributed by atoms with E-state index in [4.69, 9.17) is 74.0 Å². The number of allylic oxidation sites excluding steroid dienone is 6. The molecular weight excluding hydrogens is 1270 g/mol. The van der Waals surface area contributed by atoms with Crippen LogP contribution in [0.4, 0.5) is 0 Å². The molecule has 6 aliphatic heterocycles. The van der Waals surface area contributed by atoms with E-state index in [2.05, 4.69) is 15.6 Å². The molecule has 28 nitrogen and oxygen atoms in total. The summed E-state index contributed by atoms with van der Waals surface area (Å²) in [5.41, 5.74) is 19.4. The number of carbonyl (C=O) groups excluding carboxylic acids is 4. The fourth-order valence-electron chi connectivity index (χ4n) is 15.5. The van der Waals surface area contributed by atoms with E-state index in [1.165, 1.54) is 6.92 Å². The molecule has 0 spiro atoms. The second-order valence-electron chi connectivity index (χ2n) is 27.0. The van der Waals surface area contributed by atoms with Crippen molar-refractivity contribution in [3.05, 3.63) is 70.5 Å². The molecule has 6 aliphatic rings. The summed E-state index contributed by atoms with van der Waals surface area (Å²) in [4.78, 5) is 86.0. The number of aromatic nitrogens is 2. The number of nitrogens with one attached hydrogen (secondary N) is 6. The molecular formula is C63H88CoN14O14P. The van der Waals surface area contributed by atoms with Gasteiger partial charge in [-0.05, 0) is 145 Å². The minimum Gasteiger partial charge on any atom is -0.862 e. The Kier molecular flexibility index (Phi) is 23.0. The molecule has 8 rings (SSSR count). The number of aromatic amines is 1. The smallest absolute Gasteiger partial charge is 0.862 e. The molecule has 2 saturated heterocycles. The van der Waals surface area contributed by atoms with E-state index in [0.29, 0.717) is 50.9 Å². The molecule has 2 aromatic rings. The first-order valence-electron chi connectivity index (χ1n) is 30.7. The van der Waals surface area contributed by atoms with Crippen LogP contribution < -0.4 is 47.7 Å². The molecule has 2 radical (unpaired) electrons. The monoisotopic (exact) mass is 1350 g/mol. The van der Waals surface area contributed by atoms with Crippen LogP contribution in [0.1, 0.15) is 150 Å². The number of fused-ring (bicyclic) bond motifs is 7. The molecule has 508 valence electrons. The van der Waals surface area contributed by atoms with Crippen LogP contribution in [-0.4, -0.2) is 128 Å². The van der Waals surface area contributed by atoms with E-state index in [1.807, 2.05) is 59.8 Å². The fourth-order valence-corrected chi connectivity index (χ4v) is 16.6. The number of aliphatic hydroxyl groups excluding tert-OH is 2. The summed E-state index contributed by atoms with van der Waals surface area (Å²) >= 11 is 0. The molecule has 7 heterocycles. The summed E-state index contributed by atoms with van der Waals surface area (Å²) in [7, 11) is -5.07. The molecule has 15 N–H and O–H groups in total. The molecule has 1 aromatic carbocycles. The Morgan fingerprint density at radius 2 is 1.45 bits per heavy atom. The van der Waals surface area contributed by atoms with E-state index in [0.717, 1.165) is 16.6 Å². The Bertz CT molecular complexity index is 3600. The third-order valence-electron chi connectivity index (χ3n) is 20.6. The van der Waals surface area contributed by atoms with Gasteiger partial charge in [0.05, 0.1) is 24.3 Å². The molecule has 15 unspecified atom stereocenters. The van der Waals surface area contributed by atoms with Gasteiger partial charge in [-0.25, -0.2) is 9.55 Å². The Morgan fingerprint density at radius 1 is 0.871 bits per heavy atom. The van der Waals surface area contributed by atoms with Crippen LogP contribution in [0.3, 0.4) is 0 Å². The number of imidazole rings is 1. The number of phosphoric ester groups is 1. The standard InChI is InChI=1S/C62H90N13O14P.CN.Co/c1-29-20-39-40(21-30(29)2)75(28-70-39)57-52(84)53(41(27-76)87-57)89-90(85,86)88-31(3)26-69-49(83)18-19-59(8)37(22-46(66)80)56-62(11)61(10,25-48(68)82)36(14-17-45(65)79)51(74-62)33(5)55-60(9,24-47(67)81)34(12-15-43(63)77)38(71-55)23-42-58(6,7)35(13-16-44(64)78)50(72-42)32(4)54(59)73-56;1-2;/h20-21,23,28,31,34-37,41,52-53,56-57,76,84H,12-19,22,24-27H2,1-11H3,(H15,63,64,65,66,67,68,69,71,72,73,74,77,78,79,80,81,82,83,85,86);;/q;;+2/p-2. The van der Waals surface area contributed by atoms with E-state index >= 15 is 0 Å². The maximum absolute atomic E-state index is 14.4. The Morgan fingerprint density at radius 3 is 2.02 bits per heavy atom. The van der Waals surface area contributed by atoms with Gasteiger partial charge in [0, 0.05) is 112 Å². The van der Waals surface area contributed by atoms with Crippen molar-refractivity contribution in [3.8, 4) is 0 Å². The maximum Gasteiger partial charge on any atom is 2.00 e. The predicted octanol–water partition coefficient (Wildman–Crippen LogP) is 2.23. The molecule has 4 amide bonds. The van der Waals surface area contributed by atoms with Crippen LogP contribution in [0.25, 0.3) is 11.0 Å². The molecule has 15 atom stereocenters. The van der Waals surface area contributed by atoms with Gasteiger partial charge in [0.15, 0.2) is 17.6 Å². The molecule has 0 aliphatic carbocycles. The number of aliphatic imine (C=N–C) groups is 3. The minimum absolute atomic E-state index is 0. The average molecular weight is 1360 g/mol. The summed E-state index contributed by atoms with van der Waals surface area (Å²) in [6, 6.07) is 2.74. The number of primary amides is 3. The number of hydrogen-bond acceptors (Lipinski definition) is 21. The van der Waals surface area contributed by atoms with Gasteiger partial charge in [-0.15, -0.1) is 0 Å². The first kappa shape index (κ1) is 75.0. The van der Waals surface area contributed by atoms with Crippen molar-refractivity contribution in [1.29, 1.82) is 21.5 Å². The number of aliphatic hydroxyl groups is 2. The van der Waals surface area contributed by atoms with Crippen LogP contribution in [0.15, 0.2) is 67.8 Å². The number of ether oxygens (including phenoxy) is 1. The van der Waals surface area contributed by atoms with Crippen molar-refractivity contribution < 1.29 is 89.3 Å². The number of hydrogen-bond donors (Lipinski definition) is 12. The van der Waals surface area contributed by atoms with Gasteiger partial charge in [0.25, 0.3) is 0 Å². The van der Waals surface area contributed by atoms with E-state index < -0.39 is 143 Å². The number of rotatable bonds is 26. The van der Waals surface area contributed by atoms with Gasteiger partial charge in [-0.1, -0.05) is 34.6 Å². The van der Waals surface area contributed by atoms with Crippen molar-refractivity contribution in [2.75, 3.05) is 13.2 Å². The zero-order valence-corrected chi connectivity index (χ0v) is 56.3. The Labute approximate surface area is 551 Å². The van der Waals surface area contributed by atoms with E-state index in [9.17, 15) is 54.2 Å². The number of phosphoric acid groups is 1. The number of carbonyl (C=O) groups is 4. The van der Waals surface area contributed by atoms with E-state index in [-0.39, 0.29) is 94.0 Å². The van der Waals surface area contributed by atoms with Gasteiger partial charge >= 0.3 is 24.6 Å². The summed E-state index contributed by atoms with van der Waals surface area (Å²) < 4.78 is 32.3. The molecule has 8 bridgehead atoms. The normalized spacial score (nSPS) is 31.0. The largest absolute Gasteiger partial charge is 2.00 e. The van der Waals surface area contributed by atoms with Gasteiger partial charge in [-0.2, -0.15) is 9.83 Å². The van der Waals surface area contributed by atoms with Gasteiger partial charge in [0.1, 0.15) is 18.3 Å².